The molecule has 0 atom stereocenters. The zero-order valence-electron chi connectivity index (χ0n) is 10.5. The third-order valence-corrected chi connectivity index (χ3v) is 3.30. The molecule has 0 radical (unpaired) electrons. The molecule has 20 heavy (non-hydrogen) atoms. The van der Waals surface area contributed by atoms with E-state index < -0.39 is 11.7 Å². The Labute approximate surface area is 128 Å². The van der Waals surface area contributed by atoms with Crippen molar-refractivity contribution >= 4 is 34.2 Å². The molecule has 6 heteroatoms. The predicted octanol–water partition coefficient (Wildman–Crippen LogP) is 3.40. The Balaban J connectivity index is 2.30. The highest BCUT2D eigenvalue weighted by Gasteiger charge is 2.14. The lowest BCUT2D eigenvalue weighted by Crippen LogP contribution is -2.13. The number of nitrogens with one attached hydrogen (secondary N) is 1. The molecule has 0 bridgehead atoms. The maximum atomic E-state index is 13.6. The summed E-state index contributed by atoms with van der Waals surface area (Å²) < 4.78 is 19.4. The van der Waals surface area contributed by atoms with E-state index in [0.29, 0.717) is 5.75 Å². The van der Waals surface area contributed by atoms with Crippen molar-refractivity contribution in [3.05, 3.63) is 51.3 Å². The van der Waals surface area contributed by atoms with Gasteiger partial charge in [-0.15, -0.1) is 0 Å². The maximum Gasteiger partial charge on any atom is 0.259 e. The van der Waals surface area contributed by atoms with Gasteiger partial charge < -0.3 is 15.2 Å². The van der Waals surface area contributed by atoms with E-state index in [0.717, 1.165) is 3.57 Å². The highest BCUT2D eigenvalue weighted by atomic mass is 127. The van der Waals surface area contributed by atoms with Crippen LogP contribution in [0.15, 0.2) is 36.4 Å². The summed E-state index contributed by atoms with van der Waals surface area (Å²) in [4.78, 5) is 12.1. The summed E-state index contributed by atoms with van der Waals surface area (Å²) in [6.45, 7) is 0. The van der Waals surface area contributed by atoms with Gasteiger partial charge in [0.05, 0.1) is 18.4 Å². The largest absolute Gasteiger partial charge is 0.507 e. The molecule has 104 valence electrons. The molecule has 0 aromatic heterocycles. The Bertz CT molecular complexity index is 661. The molecule has 4 nitrogen and oxygen atoms in total. The summed E-state index contributed by atoms with van der Waals surface area (Å²) in [7, 11) is 1.45. The number of anilines is 1. The number of hydrogen-bond acceptors (Lipinski definition) is 3. The van der Waals surface area contributed by atoms with E-state index in [-0.39, 0.29) is 17.0 Å². The number of methoxy groups -OCH3 is 1. The second-order valence-corrected chi connectivity index (χ2v) is 5.21. The summed E-state index contributed by atoms with van der Waals surface area (Å²) >= 11 is 2.02. The fraction of sp³-hybridized carbons (Fsp3) is 0.0714. The van der Waals surface area contributed by atoms with Gasteiger partial charge in [0.2, 0.25) is 0 Å². The molecule has 2 N–H and O–H groups in total. The van der Waals surface area contributed by atoms with Crippen molar-refractivity contribution in [2.24, 2.45) is 0 Å². The van der Waals surface area contributed by atoms with Crippen LogP contribution in [0.1, 0.15) is 10.4 Å². The number of ether oxygens (including phenoxy) is 1. The lowest BCUT2D eigenvalue weighted by Gasteiger charge is -2.09. The van der Waals surface area contributed by atoms with Gasteiger partial charge in [0, 0.05) is 9.64 Å². The smallest absolute Gasteiger partial charge is 0.259 e. The molecule has 2 aromatic carbocycles. The van der Waals surface area contributed by atoms with Crippen molar-refractivity contribution < 1.29 is 19.0 Å². The van der Waals surface area contributed by atoms with Crippen LogP contribution in [0.3, 0.4) is 0 Å². The van der Waals surface area contributed by atoms with Crippen LogP contribution in [-0.4, -0.2) is 18.1 Å². The van der Waals surface area contributed by atoms with Crippen molar-refractivity contribution in [1.29, 1.82) is 0 Å². The van der Waals surface area contributed by atoms with Gasteiger partial charge in [-0.3, -0.25) is 4.79 Å². The number of phenolic OH excluding ortho intramolecular Hbond substituents is 1. The third kappa shape index (κ3) is 3.19. The van der Waals surface area contributed by atoms with Crippen molar-refractivity contribution in [3.8, 4) is 11.5 Å². The van der Waals surface area contributed by atoms with Gasteiger partial charge in [-0.2, -0.15) is 0 Å². The molecule has 0 saturated heterocycles. The first-order valence-electron chi connectivity index (χ1n) is 5.64. The third-order valence-electron chi connectivity index (χ3n) is 2.62. The molecule has 0 fully saturated rings. The normalized spacial score (nSPS) is 10.2. The second-order valence-electron chi connectivity index (χ2n) is 3.96. The molecular weight excluding hydrogens is 376 g/mol. The second kappa shape index (κ2) is 6.08. The van der Waals surface area contributed by atoms with Crippen LogP contribution in [0.25, 0.3) is 0 Å². The van der Waals surface area contributed by atoms with Crippen LogP contribution in [0.4, 0.5) is 10.1 Å². The highest BCUT2D eigenvalue weighted by molar-refractivity contribution is 14.1. The maximum absolute atomic E-state index is 13.6. The van der Waals surface area contributed by atoms with E-state index in [1.807, 2.05) is 22.6 Å². The summed E-state index contributed by atoms with van der Waals surface area (Å²) in [6, 6.07) is 8.62. The SMILES string of the molecule is COc1ccc(F)c(NC(=O)c2cc(I)ccc2O)c1. The van der Waals surface area contributed by atoms with Gasteiger partial charge in [0.25, 0.3) is 5.91 Å². The number of carbonyl (C=O) groups is 1. The first kappa shape index (κ1) is 14.6. The van der Waals surface area contributed by atoms with Crippen LogP contribution < -0.4 is 10.1 Å². The van der Waals surface area contributed by atoms with E-state index in [1.165, 1.54) is 37.4 Å². The molecule has 0 unspecified atom stereocenters. The van der Waals surface area contributed by atoms with E-state index >= 15 is 0 Å². The highest BCUT2D eigenvalue weighted by Crippen LogP contribution is 2.24. The minimum Gasteiger partial charge on any atom is -0.507 e. The Kier molecular flexibility index (Phi) is 4.43. The van der Waals surface area contributed by atoms with Gasteiger partial charge >= 0.3 is 0 Å². The summed E-state index contributed by atoms with van der Waals surface area (Å²) in [6.07, 6.45) is 0. The van der Waals surface area contributed by atoms with Crippen LogP contribution in [0.5, 0.6) is 11.5 Å². The fourth-order valence-electron chi connectivity index (χ4n) is 1.61. The molecule has 2 aromatic rings. The first-order valence-corrected chi connectivity index (χ1v) is 6.72. The van der Waals surface area contributed by atoms with Gasteiger partial charge in [-0.05, 0) is 52.9 Å². The van der Waals surface area contributed by atoms with Crippen molar-refractivity contribution in [2.75, 3.05) is 12.4 Å². The van der Waals surface area contributed by atoms with Crippen LogP contribution in [0.2, 0.25) is 0 Å². The van der Waals surface area contributed by atoms with Crippen LogP contribution >= 0.6 is 22.6 Å². The standard InChI is InChI=1S/C14H11FINO3/c1-20-9-3-4-11(15)12(7-9)17-14(19)10-6-8(16)2-5-13(10)18/h2-7,18H,1H3,(H,17,19). The van der Waals surface area contributed by atoms with E-state index in [2.05, 4.69) is 5.32 Å². The van der Waals surface area contributed by atoms with Crippen molar-refractivity contribution in [3.63, 3.8) is 0 Å². The molecular formula is C14H11FINO3. The number of aromatic hydroxyl groups is 1. The summed E-state index contributed by atoms with van der Waals surface area (Å²) in [5, 5.41) is 12.1. The van der Waals surface area contributed by atoms with Crippen LogP contribution in [0, 0.1) is 9.39 Å². The average molecular weight is 387 g/mol. The number of phenols is 1. The molecule has 2 rings (SSSR count). The molecule has 0 aliphatic heterocycles. The fourth-order valence-corrected chi connectivity index (χ4v) is 2.10. The van der Waals surface area contributed by atoms with E-state index in [9.17, 15) is 14.3 Å². The number of carbonyl (C=O) groups excluding carboxylic acids is 1. The lowest BCUT2D eigenvalue weighted by molar-refractivity contribution is 0.102. The minimum atomic E-state index is -0.590. The molecule has 0 saturated carbocycles. The van der Waals surface area contributed by atoms with E-state index in [1.54, 1.807) is 6.07 Å². The van der Waals surface area contributed by atoms with Gasteiger partial charge in [-0.1, -0.05) is 0 Å². The molecule has 0 aliphatic rings. The molecule has 1 amide bonds. The number of hydrogen-bond donors (Lipinski definition) is 2. The zero-order chi connectivity index (χ0) is 14.7. The molecule has 0 spiro atoms. The Morgan fingerprint density at radius 3 is 2.75 bits per heavy atom. The Morgan fingerprint density at radius 2 is 2.05 bits per heavy atom. The topological polar surface area (TPSA) is 58.6 Å². The first-order chi connectivity index (χ1) is 9.51. The quantitative estimate of drug-likeness (QED) is 0.794. The number of rotatable bonds is 3. The molecule has 0 heterocycles. The molecule has 0 aliphatic carbocycles. The number of halogens is 2. The number of benzene rings is 2. The Morgan fingerprint density at radius 1 is 1.30 bits per heavy atom. The summed E-state index contributed by atoms with van der Waals surface area (Å²) in [5.74, 6) is -0.905. The minimum absolute atomic E-state index is 0.00684. The van der Waals surface area contributed by atoms with E-state index in [4.69, 9.17) is 4.74 Å². The van der Waals surface area contributed by atoms with Crippen LogP contribution in [-0.2, 0) is 0 Å². The van der Waals surface area contributed by atoms with Gasteiger partial charge in [0.1, 0.15) is 17.3 Å². The predicted molar refractivity (Wildman–Crippen MR) is 81.7 cm³/mol. The lowest BCUT2D eigenvalue weighted by atomic mass is 10.2. The monoisotopic (exact) mass is 387 g/mol. The van der Waals surface area contributed by atoms with Gasteiger partial charge in [0.15, 0.2) is 0 Å². The van der Waals surface area contributed by atoms with Crippen molar-refractivity contribution in [2.45, 2.75) is 0 Å². The average Bonchev–Trinajstić information content (AvgIpc) is 2.43. The Hall–Kier alpha value is -1.83. The number of amides is 1. The zero-order valence-corrected chi connectivity index (χ0v) is 12.6. The summed E-state index contributed by atoms with van der Waals surface area (Å²) in [5.41, 5.74) is 0.0757. The van der Waals surface area contributed by atoms with Crippen molar-refractivity contribution in [1.82, 2.24) is 0 Å². The van der Waals surface area contributed by atoms with Gasteiger partial charge in [-0.25, -0.2) is 4.39 Å².